The van der Waals surface area contributed by atoms with Gasteiger partial charge >= 0.3 is 0 Å². The van der Waals surface area contributed by atoms with Gasteiger partial charge in [-0.05, 0) is 86.5 Å². The molecule has 3 rings (SSSR count). The summed E-state index contributed by atoms with van der Waals surface area (Å²) in [6.07, 6.45) is 1.72. The Morgan fingerprint density at radius 1 is 0.976 bits per heavy atom. The van der Waals surface area contributed by atoms with Crippen LogP contribution in [-0.4, -0.2) is 50.9 Å². The van der Waals surface area contributed by atoms with Crippen molar-refractivity contribution in [3.63, 3.8) is 0 Å². The number of hydrogen-bond acceptors (Lipinski definition) is 5. The lowest BCUT2D eigenvalue weighted by molar-refractivity contribution is -0.139. The van der Waals surface area contributed by atoms with Crippen molar-refractivity contribution in [3.05, 3.63) is 87.9 Å². The summed E-state index contributed by atoms with van der Waals surface area (Å²) in [7, 11) is -4.16. The number of anilines is 1. The first kappa shape index (κ1) is 32.4. The van der Waals surface area contributed by atoms with Gasteiger partial charge in [0.15, 0.2) is 0 Å². The number of amides is 2. The van der Waals surface area contributed by atoms with Crippen LogP contribution in [0.4, 0.5) is 5.69 Å². The molecule has 0 fully saturated rings. The molecule has 0 unspecified atom stereocenters. The number of nitrogens with one attached hydrogen (secondary N) is 1. The van der Waals surface area contributed by atoms with Gasteiger partial charge in [0.1, 0.15) is 18.3 Å². The van der Waals surface area contributed by atoms with Crippen molar-refractivity contribution in [1.82, 2.24) is 10.2 Å². The average molecular weight is 665 g/mol. The third-order valence-electron chi connectivity index (χ3n) is 6.38. The number of rotatable bonds is 14. The Morgan fingerprint density at radius 2 is 1.61 bits per heavy atom. The third-order valence-corrected chi connectivity index (χ3v) is 8.95. The number of sulfonamides is 1. The van der Waals surface area contributed by atoms with Gasteiger partial charge in [0.05, 0.1) is 17.2 Å². The van der Waals surface area contributed by atoms with Gasteiger partial charge in [-0.1, -0.05) is 53.0 Å². The lowest BCUT2D eigenvalue weighted by Gasteiger charge is -2.32. The van der Waals surface area contributed by atoms with Gasteiger partial charge in [-0.2, -0.15) is 0 Å². The van der Waals surface area contributed by atoms with Crippen LogP contribution >= 0.6 is 27.5 Å². The minimum Gasteiger partial charge on any atom is -0.494 e. The molecule has 0 aliphatic carbocycles. The second kappa shape index (κ2) is 15.2. The Labute approximate surface area is 255 Å². The van der Waals surface area contributed by atoms with Crippen molar-refractivity contribution >= 4 is 55.1 Å². The van der Waals surface area contributed by atoms with E-state index in [1.54, 1.807) is 67.6 Å². The Morgan fingerprint density at radius 3 is 2.20 bits per heavy atom. The van der Waals surface area contributed by atoms with Gasteiger partial charge in [0.2, 0.25) is 11.8 Å². The maximum Gasteiger partial charge on any atom is 0.264 e. The molecular formula is C30H35BrClN3O5S. The van der Waals surface area contributed by atoms with E-state index in [0.717, 1.165) is 27.2 Å². The van der Waals surface area contributed by atoms with Gasteiger partial charge in [-0.25, -0.2) is 8.42 Å². The smallest absolute Gasteiger partial charge is 0.264 e. The fraction of sp³-hybridized carbons (Fsp3) is 0.333. The molecule has 220 valence electrons. The van der Waals surface area contributed by atoms with Gasteiger partial charge in [-0.15, -0.1) is 0 Å². The highest BCUT2D eigenvalue weighted by Gasteiger charge is 2.32. The number of nitrogens with zero attached hydrogens (tertiary/aromatic N) is 2. The molecule has 0 saturated heterocycles. The Bertz CT molecular complexity index is 1400. The van der Waals surface area contributed by atoms with Gasteiger partial charge in [0.25, 0.3) is 10.0 Å². The van der Waals surface area contributed by atoms with Gasteiger partial charge < -0.3 is 15.0 Å². The number of hydrogen-bond donors (Lipinski definition) is 1. The van der Waals surface area contributed by atoms with Crippen LogP contribution in [0.15, 0.2) is 82.2 Å². The Kier molecular flexibility index (Phi) is 12.1. The van der Waals surface area contributed by atoms with E-state index in [2.05, 4.69) is 21.2 Å². The van der Waals surface area contributed by atoms with Crippen LogP contribution in [0.3, 0.4) is 0 Å². The molecule has 0 aromatic heterocycles. The summed E-state index contributed by atoms with van der Waals surface area (Å²) in [5.74, 6) is -0.276. The highest BCUT2D eigenvalue weighted by Crippen LogP contribution is 2.27. The summed E-state index contributed by atoms with van der Waals surface area (Å²) in [5.41, 5.74) is 1.04. The molecule has 3 aromatic carbocycles. The van der Waals surface area contributed by atoms with Gasteiger partial charge in [-0.3, -0.25) is 13.9 Å². The molecule has 0 heterocycles. The summed E-state index contributed by atoms with van der Waals surface area (Å²) >= 11 is 9.39. The van der Waals surface area contributed by atoms with Crippen molar-refractivity contribution in [3.8, 4) is 5.75 Å². The first-order chi connectivity index (χ1) is 19.6. The quantitative estimate of drug-likeness (QED) is 0.213. The monoisotopic (exact) mass is 663 g/mol. The van der Waals surface area contributed by atoms with Crippen LogP contribution in [-0.2, 0) is 26.2 Å². The second-order valence-corrected chi connectivity index (χ2v) is 12.6. The summed E-state index contributed by atoms with van der Waals surface area (Å²) in [6, 6.07) is 18.8. The standard InChI is InChI=1S/C30H35BrClN3O5S/c1-4-6-19-33-30(37)22(3)34(20-23-7-11-25(32)12-8-23)29(36)21-35(26-13-15-27(16-14-26)40-5-2)41(38,39)28-17-9-24(31)10-18-28/h7-18,22H,4-6,19-21H2,1-3H3,(H,33,37)/t22-/m0/s1. The van der Waals surface area contributed by atoms with E-state index >= 15 is 0 Å². The molecule has 0 aliphatic heterocycles. The van der Waals surface area contributed by atoms with E-state index < -0.39 is 28.5 Å². The van der Waals surface area contributed by atoms with E-state index in [1.807, 2.05) is 13.8 Å². The van der Waals surface area contributed by atoms with Crippen LogP contribution in [0.2, 0.25) is 5.02 Å². The molecule has 1 atom stereocenters. The summed E-state index contributed by atoms with van der Waals surface area (Å²) < 4.78 is 35.1. The van der Waals surface area contributed by atoms with Crippen LogP contribution in [0.25, 0.3) is 0 Å². The topological polar surface area (TPSA) is 96.0 Å². The second-order valence-electron chi connectivity index (χ2n) is 9.36. The highest BCUT2D eigenvalue weighted by molar-refractivity contribution is 9.10. The molecule has 0 aliphatic rings. The van der Waals surface area contributed by atoms with Crippen LogP contribution in [0.1, 0.15) is 39.2 Å². The largest absolute Gasteiger partial charge is 0.494 e. The lowest BCUT2D eigenvalue weighted by Crippen LogP contribution is -2.51. The first-order valence-corrected chi connectivity index (χ1v) is 16.0. The number of unbranched alkanes of at least 4 members (excludes halogenated alkanes) is 1. The van der Waals surface area contributed by atoms with Crippen molar-refractivity contribution in [1.29, 1.82) is 0 Å². The van der Waals surface area contributed by atoms with Crippen LogP contribution < -0.4 is 14.4 Å². The molecule has 8 nitrogen and oxygen atoms in total. The molecule has 0 saturated carbocycles. The van der Waals surface area contributed by atoms with E-state index in [0.29, 0.717) is 23.9 Å². The molecule has 0 spiro atoms. The predicted octanol–water partition coefficient (Wildman–Crippen LogP) is 6.03. The van der Waals surface area contributed by atoms with Crippen molar-refractivity contribution in [2.75, 3.05) is 24.0 Å². The predicted molar refractivity (Wildman–Crippen MR) is 166 cm³/mol. The summed E-state index contributed by atoms with van der Waals surface area (Å²) in [6.45, 7) is 6.02. The molecule has 1 N–H and O–H groups in total. The zero-order valence-corrected chi connectivity index (χ0v) is 26.5. The fourth-order valence-corrected chi connectivity index (χ4v) is 5.85. The first-order valence-electron chi connectivity index (χ1n) is 13.4. The van der Waals surface area contributed by atoms with E-state index in [-0.39, 0.29) is 23.0 Å². The number of carbonyl (C=O) groups excluding carboxylic acids is 2. The summed E-state index contributed by atoms with van der Waals surface area (Å²) in [4.78, 5) is 28.4. The maximum absolute atomic E-state index is 14.0. The Balaban J connectivity index is 2.00. The molecular weight excluding hydrogens is 630 g/mol. The number of benzene rings is 3. The molecule has 0 radical (unpaired) electrons. The maximum atomic E-state index is 14.0. The zero-order valence-electron chi connectivity index (χ0n) is 23.3. The van der Waals surface area contributed by atoms with E-state index in [1.165, 1.54) is 17.0 Å². The average Bonchev–Trinajstić information content (AvgIpc) is 2.96. The summed E-state index contributed by atoms with van der Waals surface area (Å²) in [5, 5.41) is 3.41. The SMILES string of the molecule is CCCCNC(=O)[C@H](C)N(Cc1ccc(Cl)cc1)C(=O)CN(c1ccc(OCC)cc1)S(=O)(=O)c1ccc(Br)cc1. The molecule has 11 heteroatoms. The highest BCUT2D eigenvalue weighted by atomic mass is 79.9. The number of ether oxygens (including phenoxy) is 1. The zero-order chi connectivity index (χ0) is 30.0. The molecule has 0 bridgehead atoms. The molecule has 3 aromatic rings. The van der Waals surface area contributed by atoms with Crippen molar-refractivity contribution in [2.24, 2.45) is 0 Å². The van der Waals surface area contributed by atoms with E-state index in [4.69, 9.17) is 16.3 Å². The fourth-order valence-electron chi connectivity index (χ4n) is 4.04. The minimum absolute atomic E-state index is 0.0250. The number of carbonyl (C=O) groups is 2. The Hall–Kier alpha value is -3.08. The van der Waals surface area contributed by atoms with Crippen LogP contribution in [0, 0.1) is 0 Å². The minimum atomic E-state index is -4.16. The molecule has 41 heavy (non-hydrogen) atoms. The van der Waals surface area contributed by atoms with E-state index in [9.17, 15) is 18.0 Å². The normalized spacial score (nSPS) is 11.9. The lowest BCUT2D eigenvalue weighted by atomic mass is 10.1. The third kappa shape index (κ3) is 8.95. The van der Waals surface area contributed by atoms with Crippen LogP contribution in [0.5, 0.6) is 5.75 Å². The van der Waals surface area contributed by atoms with Crippen molar-refractivity contribution < 1.29 is 22.7 Å². The number of halogens is 2. The van der Waals surface area contributed by atoms with Gasteiger partial charge in [0, 0.05) is 22.6 Å². The van der Waals surface area contributed by atoms with Crippen molar-refractivity contribution in [2.45, 2.75) is 51.1 Å². The molecule has 2 amide bonds.